The Bertz CT molecular complexity index is 192. The van der Waals surface area contributed by atoms with E-state index >= 15 is 0 Å². The van der Waals surface area contributed by atoms with Gasteiger partial charge in [0.25, 0.3) is 0 Å². The van der Waals surface area contributed by atoms with Crippen LogP contribution in [0.25, 0.3) is 0 Å². The van der Waals surface area contributed by atoms with Gasteiger partial charge in [0.05, 0.1) is 12.6 Å². The zero-order valence-electron chi connectivity index (χ0n) is 8.26. The first kappa shape index (κ1) is 11.7. The molecule has 0 aliphatic rings. The summed E-state index contributed by atoms with van der Waals surface area (Å²) in [6.45, 7) is 5.78. The normalized spacial score (nSPS) is 12.3. The lowest BCUT2D eigenvalue weighted by molar-refractivity contribution is 0.148. The quantitative estimate of drug-likeness (QED) is 0.447. The SMILES string of the molecule is CCOC(=O)NC(C(=N)N)C(C)C. The zero-order chi connectivity index (χ0) is 10.4. The summed E-state index contributed by atoms with van der Waals surface area (Å²) < 4.78 is 4.67. The Morgan fingerprint density at radius 3 is 2.46 bits per heavy atom. The van der Waals surface area contributed by atoms with E-state index in [0.717, 1.165) is 0 Å². The van der Waals surface area contributed by atoms with Crippen molar-refractivity contribution in [2.45, 2.75) is 26.8 Å². The summed E-state index contributed by atoms with van der Waals surface area (Å²) in [7, 11) is 0. The van der Waals surface area contributed by atoms with Gasteiger partial charge >= 0.3 is 6.09 Å². The highest BCUT2D eigenvalue weighted by Gasteiger charge is 2.19. The molecule has 0 spiro atoms. The fourth-order valence-corrected chi connectivity index (χ4v) is 0.903. The van der Waals surface area contributed by atoms with Crippen molar-refractivity contribution < 1.29 is 9.53 Å². The van der Waals surface area contributed by atoms with Crippen LogP contribution in [0.1, 0.15) is 20.8 Å². The molecule has 1 amide bonds. The summed E-state index contributed by atoms with van der Waals surface area (Å²) in [5, 5.41) is 9.72. The predicted octanol–water partition coefficient (Wildman–Crippen LogP) is 0.693. The molecule has 0 aliphatic heterocycles. The van der Waals surface area contributed by atoms with E-state index < -0.39 is 12.1 Å². The number of amides is 1. The molecule has 0 aliphatic carbocycles. The van der Waals surface area contributed by atoms with Gasteiger partial charge in [0.15, 0.2) is 0 Å². The third-order valence-electron chi connectivity index (χ3n) is 1.55. The van der Waals surface area contributed by atoms with E-state index in [2.05, 4.69) is 10.1 Å². The van der Waals surface area contributed by atoms with E-state index in [-0.39, 0.29) is 11.8 Å². The van der Waals surface area contributed by atoms with Crippen LogP contribution in [0.2, 0.25) is 0 Å². The smallest absolute Gasteiger partial charge is 0.407 e. The average Bonchev–Trinajstić information content (AvgIpc) is 1.99. The summed E-state index contributed by atoms with van der Waals surface area (Å²) in [4.78, 5) is 11.0. The molecule has 0 saturated heterocycles. The first-order valence-corrected chi connectivity index (χ1v) is 4.26. The van der Waals surface area contributed by atoms with Crippen molar-refractivity contribution in [3.05, 3.63) is 0 Å². The van der Waals surface area contributed by atoms with Gasteiger partial charge in [-0.05, 0) is 12.8 Å². The van der Waals surface area contributed by atoms with Crippen LogP contribution in [0.3, 0.4) is 0 Å². The highest BCUT2D eigenvalue weighted by molar-refractivity contribution is 5.86. The fraction of sp³-hybridized carbons (Fsp3) is 0.750. The first-order chi connectivity index (χ1) is 5.99. The van der Waals surface area contributed by atoms with Gasteiger partial charge in [0.2, 0.25) is 0 Å². The summed E-state index contributed by atoms with van der Waals surface area (Å²) in [5.41, 5.74) is 5.30. The van der Waals surface area contributed by atoms with Crippen LogP contribution >= 0.6 is 0 Å². The van der Waals surface area contributed by atoms with Gasteiger partial charge < -0.3 is 15.8 Å². The number of amidine groups is 1. The zero-order valence-corrected chi connectivity index (χ0v) is 8.26. The average molecular weight is 187 g/mol. The molecule has 5 nitrogen and oxygen atoms in total. The third kappa shape index (κ3) is 4.35. The molecular weight excluding hydrogens is 170 g/mol. The Balaban J connectivity index is 4.10. The molecule has 0 aromatic rings. The van der Waals surface area contributed by atoms with E-state index in [1.165, 1.54) is 0 Å². The molecule has 0 rings (SSSR count). The number of hydrogen-bond acceptors (Lipinski definition) is 3. The molecule has 0 aromatic heterocycles. The molecule has 0 aromatic carbocycles. The van der Waals surface area contributed by atoms with Crippen molar-refractivity contribution in [1.82, 2.24) is 5.32 Å². The van der Waals surface area contributed by atoms with Gasteiger partial charge in [-0.2, -0.15) is 0 Å². The maximum absolute atomic E-state index is 11.0. The predicted molar refractivity (Wildman–Crippen MR) is 50.7 cm³/mol. The maximum Gasteiger partial charge on any atom is 0.407 e. The fourth-order valence-electron chi connectivity index (χ4n) is 0.903. The van der Waals surface area contributed by atoms with Crippen molar-refractivity contribution in [3.8, 4) is 0 Å². The van der Waals surface area contributed by atoms with E-state index in [9.17, 15) is 4.79 Å². The van der Waals surface area contributed by atoms with Crippen molar-refractivity contribution >= 4 is 11.9 Å². The summed E-state index contributed by atoms with van der Waals surface area (Å²) in [6.07, 6.45) is -0.531. The molecule has 13 heavy (non-hydrogen) atoms. The van der Waals surface area contributed by atoms with Crippen LogP contribution in [-0.4, -0.2) is 24.6 Å². The van der Waals surface area contributed by atoms with Crippen LogP contribution in [0.15, 0.2) is 0 Å². The summed E-state index contributed by atoms with van der Waals surface area (Å²) >= 11 is 0. The lowest BCUT2D eigenvalue weighted by Gasteiger charge is -2.20. The van der Waals surface area contributed by atoms with Crippen LogP contribution < -0.4 is 11.1 Å². The monoisotopic (exact) mass is 187 g/mol. The molecule has 0 fully saturated rings. The number of nitrogens with two attached hydrogens (primary N) is 1. The number of ether oxygens (including phenoxy) is 1. The molecule has 0 radical (unpaired) electrons. The Hall–Kier alpha value is -1.26. The number of carbonyl (C=O) groups is 1. The van der Waals surface area contributed by atoms with Crippen molar-refractivity contribution in [2.24, 2.45) is 11.7 Å². The minimum atomic E-state index is -0.531. The maximum atomic E-state index is 11.0. The Morgan fingerprint density at radius 1 is 1.62 bits per heavy atom. The standard InChI is InChI=1S/C8H17N3O2/c1-4-13-8(12)11-6(5(2)3)7(9)10/h5-6H,4H2,1-3H3,(H3,9,10)(H,11,12). The van der Waals surface area contributed by atoms with Gasteiger partial charge in [-0.3, -0.25) is 5.41 Å². The van der Waals surface area contributed by atoms with E-state index in [4.69, 9.17) is 11.1 Å². The van der Waals surface area contributed by atoms with E-state index in [0.29, 0.717) is 6.61 Å². The van der Waals surface area contributed by atoms with E-state index in [1.807, 2.05) is 13.8 Å². The molecule has 5 heteroatoms. The summed E-state index contributed by atoms with van der Waals surface area (Å²) in [5.74, 6) is 0.0324. The second-order valence-electron chi connectivity index (χ2n) is 3.04. The largest absolute Gasteiger partial charge is 0.450 e. The lowest BCUT2D eigenvalue weighted by atomic mass is 10.0. The molecular formula is C8H17N3O2. The Labute approximate surface area is 78.1 Å². The lowest BCUT2D eigenvalue weighted by Crippen LogP contribution is -2.47. The van der Waals surface area contributed by atoms with Gasteiger partial charge in [-0.15, -0.1) is 0 Å². The van der Waals surface area contributed by atoms with Crippen LogP contribution in [-0.2, 0) is 4.74 Å². The van der Waals surface area contributed by atoms with Gasteiger partial charge in [-0.1, -0.05) is 13.8 Å². The van der Waals surface area contributed by atoms with E-state index in [1.54, 1.807) is 6.92 Å². The van der Waals surface area contributed by atoms with Gasteiger partial charge in [0.1, 0.15) is 5.84 Å². The molecule has 76 valence electrons. The molecule has 4 N–H and O–H groups in total. The number of carbonyl (C=O) groups excluding carboxylic acids is 1. The third-order valence-corrected chi connectivity index (χ3v) is 1.55. The number of nitrogens with one attached hydrogen (secondary N) is 2. The topological polar surface area (TPSA) is 88.2 Å². The first-order valence-electron chi connectivity index (χ1n) is 4.26. The molecule has 1 atom stereocenters. The molecule has 0 bridgehead atoms. The van der Waals surface area contributed by atoms with Crippen molar-refractivity contribution in [2.75, 3.05) is 6.61 Å². The molecule has 0 heterocycles. The number of alkyl carbamates (subject to hydrolysis) is 1. The second-order valence-corrected chi connectivity index (χ2v) is 3.04. The Morgan fingerprint density at radius 2 is 2.15 bits per heavy atom. The molecule has 0 saturated carbocycles. The number of rotatable bonds is 4. The highest BCUT2D eigenvalue weighted by Crippen LogP contribution is 2.00. The minimum absolute atomic E-state index is 0.0527. The minimum Gasteiger partial charge on any atom is -0.450 e. The molecule has 1 unspecified atom stereocenters. The van der Waals surface area contributed by atoms with Crippen LogP contribution in [0, 0.1) is 11.3 Å². The van der Waals surface area contributed by atoms with Gasteiger partial charge in [0, 0.05) is 0 Å². The summed E-state index contributed by atoms with van der Waals surface area (Å²) in [6, 6.07) is -0.445. The second kappa shape index (κ2) is 5.40. The van der Waals surface area contributed by atoms with Crippen molar-refractivity contribution in [1.29, 1.82) is 5.41 Å². The van der Waals surface area contributed by atoms with Crippen molar-refractivity contribution in [3.63, 3.8) is 0 Å². The Kier molecular flexibility index (Phi) is 4.87. The number of hydrogen-bond donors (Lipinski definition) is 3. The van der Waals surface area contributed by atoms with Gasteiger partial charge in [-0.25, -0.2) is 4.79 Å². The van der Waals surface area contributed by atoms with Crippen LogP contribution in [0.5, 0.6) is 0 Å². The highest BCUT2D eigenvalue weighted by atomic mass is 16.5. The van der Waals surface area contributed by atoms with Crippen LogP contribution in [0.4, 0.5) is 4.79 Å².